The van der Waals surface area contributed by atoms with Crippen molar-refractivity contribution >= 4 is 38.9 Å². The molecule has 1 aliphatic heterocycles. The van der Waals surface area contributed by atoms with Gasteiger partial charge in [-0.1, -0.05) is 28.1 Å². The number of nitrogens with zero attached hydrogens (tertiary/aromatic N) is 2. The summed E-state index contributed by atoms with van der Waals surface area (Å²) in [5, 5.41) is 4.08. The molecule has 0 fully saturated rings. The van der Waals surface area contributed by atoms with Gasteiger partial charge in [-0.3, -0.25) is 0 Å². The van der Waals surface area contributed by atoms with Gasteiger partial charge in [-0.25, -0.2) is 0 Å². The van der Waals surface area contributed by atoms with Crippen LogP contribution in [0.5, 0.6) is 11.5 Å². The molecule has 5 nitrogen and oxygen atoms in total. The van der Waals surface area contributed by atoms with Crippen LogP contribution in [-0.4, -0.2) is 35.3 Å². The molecule has 1 aromatic heterocycles. The van der Waals surface area contributed by atoms with Crippen molar-refractivity contribution in [2.75, 3.05) is 26.1 Å². The first-order chi connectivity index (χ1) is 14.1. The van der Waals surface area contributed by atoms with E-state index in [0.717, 1.165) is 28.8 Å². The zero-order chi connectivity index (χ0) is 20.4. The van der Waals surface area contributed by atoms with Crippen LogP contribution in [0.25, 0.3) is 0 Å². The van der Waals surface area contributed by atoms with Crippen LogP contribution >= 0.6 is 28.1 Å². The van der Waals surface area contributed by atoms with Gasteiger partial charge in [-0.15, -0.1) is 0 Å². The molecule has 2 heterocycles. The van der Waals surface area contributed by atoms with Crippen LogP contribution in [0.15, 0.2) is 65.3 Å². The number of hydrogen-bond donors (Lipinski definition) is 1. The van der Waals surface area contributed by atoms with Gasteiger partial charge in [0.05, 0.1) is 20.3 Å². The zero-order valence-electron chi connectivity index (χ0n) is 16.3. The van der Waals surface area contributed by atoms with Crippen molar-refractivity contribution in [2.24, 2.45) is 0 Å². The maximum Gasteiger partial charge on any atom is 0.174 e. The van der Waals surface area contributed by atoms with E-state index in [2.05, 4.69) is 55.1 Å². The maximum atomic E-state index is 5.82. The Kier molecular flexibility index (Phi) is 5.78. The van der Waals surface area contributed by atoms with Crippen LogP contribution in [0.4, 0.5) is 5.69 Å². The normalized spacial score (nSPS) is 15.6. The third-order valence-corrected chi connectivity index (χ3v) is 5.93. The van der Waals surface area contributed by atoms with Gasteiger partial charge in [0.15, 0.2) is 16.6 Å². The second-order valence-electron chi connectivity index (χ2n) is 6.78. The Morgan fingerprint density at radius 2 is 1.86 bits per heavy atom. The van der Waals surface area contributed by atoms with Gasteiger partial charge in [-0.2, -0.15) is 0 Å². The van der Waals surface area contributed by atoms with E-state index in [-0.39, 0.29) is 6.04 Å². The minimum atomic E-state index is -0.0225. The molecule has 0 spiro atoms. The smallest absolute Gasteiger partial charge is 0.174 e. The minimum absolute atomic E-state index is 0.0225. The number of methoxy groups -OCH3 is 2. The quantitative estimate of drug-likeness (QED) is 0.537. The van der Waals surface area contributed by atoms with Crippen molar-refractivity contribution in [3.8, 4) is 11.5 Å². The van der Waals surface area contributed by atoms with E-state index in [1.165, 1.54) is 5.69 Å². The summed E-state index contributed by atoms with van der Waals surface area (Å²) in [4.78, 5) is 2.23. The van der Waals surface area contributed by atoms with E-state index in [1.807, 2.05) is 36.4 Å². The zero-order valence-corrected chi connectivity index (χ0v) is 18.7. The lowest BCUT2D eigenvalue weighted by atomic mass is 9.99. The fourth-order valence-corrected chi connectivity index (χ4v) is 4.45. The lowest BCUT2D eigenvalue weighted by Crippen LogP contribution is -2.44. The molecule has 0 saturated heterocycles. The highest BCUT2D eigenvalue weighted by Crippen LogP contribution is 2.37. The van der Waals surface area contributed by atoms with Crippen molar-refractivity contribution in [1.29, 1.82) is 0 Å². The highest BCUT2D eigenvalue weighted by Gasteiger charge is 2.31. The molecule has 1 atom stereocenters. The van der Waals surface area contributed by atoms with Crippen molar-refractivity contribution in [1.82, 2.24) is 9.47 Å². The van der Waals surface area contributed by atoms with Crippen molar-refractivity contribution in [3.05, 3.63) is 76.5 Å². The third kappa shape index (κ3) is 3.97. The number of hydrogen-bond acceptors (Lipinski definition) is 3. The number of benzene rings is 2. The molecule has 1 aliphatic rings. The van der Waals surface area contributed by atoms with E-state index in [1.54, 1.807) is 14.2 Å². The van der Waals surface area contributed by atoms with Crippen molar-refractivity contribution < 1.29 is 9.47 Å². The molecule has 4 rings (SSSR count). The molecule has 1 N–H and O–H groups in total. The van der Waals surface area contributed by atoms with Crippen LogP contribution in [0, 0.1) is 0 Å². The molecule has 7 heteroatoms. The lowest BCUT2D eigenvalue weighted by molar-refractivity contribution is 0.291. The van der Waals surface area contributed by atoms with Gasteiger partial charge < -0.3 is 24.3 Å². The van der Waals surface area contributed by atoms with Crippen LogP contribution in [0.3, 0.4) is 0 Å². The number of anilines is 1. The van der Waals surface area contributed by atoms with Gasteiger partial charge in [0.25, 0.3) is 0 Å². The molecule has 2 aromatic carbocycles. The summed E-state index contributed by atoms with van der Waals surface area (Å²) in [7, 11) is 3.30. The minimum Gasteiger partial charge on any atom is -0.493 e. The number of ether oxygens (including phenoxy) is 2. The van der Waals surface area contributed by atoms with E-state index in [4.69, 9.17) is 21.7 Å². The topological polar surface area (TPSA) is 38.7 Å². The average Bonchev–Trinajstić information content (AvgIpc) is 3.21. The molecule has 0 saturated carbocycles. The largest absolute Gasteiger partial charge is 0.493 e. The monoisotopic (exact) mass is 471 g/mol. The van der Waals surface area contributed by atoms with E-state index in [9.17, 15) is 0 Å². The fraction of sp³-hybridized carbons (Fsp3) is 0.227. The Hall–Kier alpha value is -2.51. The predicted octanol–water partition coefficient (Wildman–Crippen LogP) is 5.07. The Balaban J connectivity index is 1.70. The Morgan fingerprint density at radius 3 is 2.62 bits per heavy atom. The van der Waals surface area contributed by atoms with Gasteiger partial charge in [0.2, 0.25) is 0 Å². The van der Waals surface area contributed by atoms with E-state index >= 15 is 0 Å². The van der Waals surface area contributed by atoms with E-state index in [0.29, 0.717) is 16.6 Å². The molecule has 29 heavy (non-hydrogen) atoms. The van der Waals surface area contributed by atoms with Crippen LogP contribution < -0.4 is 14.8 Å². The second-order valence-corrected chi connectivity index (χ2v) is 8.08. The molecule has 0 unspecified atom stereocenters. The number of rotatable bonds is 4. The number of fused-ring (bicyclic) bond motifs is 1. The predicted molar refractivity (Wildman–Crippen MR) is 123 cm³/mol. The SMILES string of the molecule is COc1ccc([C@H]2c3cccn3CCN2C(=S)Nc2cccc(Br)c2)cc1OC. The highest BCUT2D eigenvalue weighted by atomic mass is 79.9. The summed E-state index contributed by atoms with van der Waals surface area (Å²) in [5.41, 5.74) is 3.25. The summed E-state index contributed by atoms with van der Waals surface area (Å²) in [6, 6.07) is 18.3. The molecular weight excluding hydrogens is 450 g/mol. The van der Waals surface area contributed by atoms with Crippen LogP contribution in [0.2, 0.25) is 0 Å². The van der Waals surface area contributed by atoms with Crippen LogP contribution in [-0.2, 0) is 6.54 Å². The molecular formula is C22H22BrN3O2S. The number of aromatic nitrogens is 1. The maximum absolute atomic E-state index is 5.82. The van der Waals surface area contributed by atoms with Crippen molar-refractivity contribution in [3.63, 3.8) is 0 Å². The summed E-state index contributed by atoms with van der Waals surface area (Å²) < 4.78 is 14.2. The van der Waals surface area contributed by atoms with Gasteiger partial charge >= 0.3 is 0 Å². The Morgan fingerprint density at radius 1 is 1.03 bits per heavy atom. The Bertz CT molecular complexity index is 1040. The number of thiocarbonyl (C=S) groups is 1. The average molecular weight is 472 g/mol. The molecule has 0 aliphatic carbocycles. The number of nitrogens with one attached hydrogen (secondary N) is 1. The first-order valence-corrected chi connectivity index (χ1v) is 10.5. The molecule has 3 aromatic rings. The van der Waals surface area contributed by atoms with Gasteiger partial charge in [0, 0.05) is 35.1 Å². The number of halogens is 1. The molecule has 0 radical (unpaired) electrons. The van der Waals surface area contributed by atoms with Gasteiger partial charge in [0.1, 0.15) is 0 Å². The summed E-state index contributed by atoms with van der Waals surface area (Å²) >= 11 is 9.34. The summed E-state index contributed by atoms with van der Waals surface area (Å²) in [5.74, 6) is 1.42. The Labute approximate surface area is 184 Å². The van der Waals surface area contributed by atoms with Crippen LogP contribution in [0.1, 0.15) is 17.3 Å². The molecule has 150 valence electrons. The second kappa shape index (κ2) is 8.47. The first-order valence-electron chi connectivity index (χ1n) is 9.31. The third-order valence-electron chi connectivity index (χ3n) is 5.10. The summed E-state index contributed by atoms with van der Waals surface area (Å²) in [6.45, 7) is 1.69. The standard InChI is InChI=1S/C22H22BrN3O2S/c1-27-19-9-8-15(13-20(19)28-2)21-18-7-4-10-25(18)11-12-26(21)22(29)24-17-6-3-5-16(23)14-17/h3-10,13-14,21H,11-12H2,1-2H3,(H,24,29)/t21-/m0/s1. The molecule has 0 amide bonds. The summed E-state index contributed by atoms with van der Waals surface area (Å²) in [6.07, 6.45) is 2.12. The fourth-order valence-electron chi connectivity index (χ4n) is 3.74. The van der Waals surface area contributed by atoms with Crippen molar-refractivity contribution in [2.45, 2.75) is 12.6 Å². The highest BCUT2D eigenvalue weighted by molar-refractivity contribution is 9.10. The lowest BCUT2D eigenvalue weighted by Gasteiger charge is -2.39. The molecule has 0 bridgehead atoms. The first kappa shape index (κ1) is 19.8. The van der Waals surface area contributed by atoms with E-state index < -0.39 is 0 Å². The van der Waals surface area contributed by atoms with Gasteiger partial charge in [-0.05, 0) is 60.2 Å².